The zero-order valence-electron chi connectivity index (χ0n) is 16.5. The Labute approximate surface area is 164 Å². The monoisotopic (exact) mass is 386 g/mol. The molecule has 150 valence electrons. The van der Waals surface area contributed by atoms with Crippen LogP contribution in [0.25, 0.3) is 0 Å². The van der Waals surface area contributed by atoms with Gasteiger partial charge in [0.2, 0.25) is 5.91 Å². The molecule has 3 amide bonds. The van der Waals surface area contributed by atoms with E-state index in [1.165, 1.54) is 0 Å². The van der Waals surface area contributed by atoms with E-state index < -0.39 is 11.9 Å². The van der Waals surface area contributed by atoms with Crippen LogP contribution in [0.15, 0.2) is 36.4 Å². The lowest BCUT2D eigenvalue weighted by Crippen LogP contribution is -2.46. The summed E-state index contributed by atoms with van der Waals surface area (Å²) in [5.74, 6) is -0.452. The van der Waals surface area contributed by atoms with E-state index >= 15 is 0 Å². The second kappa shape index (κ2) is 9.59. The number of carbonyl (C=O) groups is 3. The summed E-state index contributed by atoms with van der Waals surface area (Å²) in [6, 6.07) is 9.68. The molecule has 3 N–H and O–H groups in total. The Morgan fingerprint density at radius 2 is 1.64 bits per heavy atom. The Morgan fingerprint density at radius 1 is 1.04 bits per heavy atom. The molecule has 0 saturated carbocycles. The van der Waals surface area contributed by atoms with Crippen molar-refractivity contribution in [3.63, 3.8) is 0 Å². The minimum Gasteiger partial charge on any atom is -0.484 e. The van der Waals surface area contributed by atoms with Gasteiger partial charge in [0.1, 0.15) is 11.8 Å². The number of nitrogens with zero attached hydrogens (tertiary/aromatic N) is 1. The zero-order chi connectivity index (χ0) is 20.7. The van der Waals surface area contributed by atoms with E-state index in [2.05, 4.69) is 16.1 Å². The average Bonchev–Trinajstić information content (AvgIpc) is 2.98. The normalized spacial score (nSPS) is 11.4. The summed E-state index contributed by atoms with van der Waals surface area (Å²) in [5.41, 5.74) is 5.15. The van der Waals surface area contributed by atoms with Crippen molar-refractivity contribution in [3.8, 4) is 5.75 Å². The minimum absolute atomic E-state index is 0.225. The predicted octanol–water partition coefficient (Wildman–Crippen LogP) is 1.51. The standard InChI is InChI=1S/C20H26N4O4/c1-5-21-19(26)15(4)22-18(25)12-28-17-10-8-16(9-11-17)20(27)23-24-13(2)6-7-14(24)3/h6-11,15H,5,12H2,1-4H3,(H,21,26)(H,22,25)(H,23,27)/t15-/m1/s1. The second-order valence-electron chi connectivity index (χ2n) is 6.39. The van der Waals surface area contributed by atoms with Gasteiger partial charge < -0.3 is 15.4 Å². The van der Waals surface area contributed by atoms with Crippen LogP contribution in [-0.2, 0) is 9.59 Å². The molecule has 28 heavy (non-hydrogen) atoms. The number of aromatic nitrogens is 1. The van der Waals surface area contributed by atoms with Crippen LogP contribution in [0.1, 0.15) is 35.6 Å². The lowest BCUT2D eigenvalue weighted by atomic mass is 10.2. The number of rotatable bonds is 8. The number of likely N-dealkylation sites (N-methyl/N-ethyl adjacent to an activating group) is 1. The maximum Gasteiger partial charge on any atom is 0.270 e. The molecule has 1 aromatic carbocycles. The fourth-order valence-electron chi connectivity index (χ4n) is 2.54. The Kier molecular flexibility index (Phi) is 7.20. The van der Waals surface area contributed by atoms with Crippen molar-refractivity contribution >= 4 is 17.7 Å². The summed E-state index contributed by atoms with van der Waals surface area (Å²) >= 11 is 0. The topological polar surface area (TPSA) is 101 Å². The van der Waals surface area contributed by atoms with Crippen LogP contribution in [0.5, 0.6) is 5.75 Å². The van der Waals surface area contributed by atoms with Gasteiger partial charge in [0.05, 0.1) is 0 Å². The van der Waals surface area contributed by atoms with Gasteiger partial charge in [-0.2, -0.15) is 0 Å². The molecule has 0 unspecified atom stereocenters. The molecule has 0 aliphatic carbocycles. The van der Waals surface area contributed by atoms with Crippen LogP contribution in [-0.4, -0.2) is 41.6 Å². The van der Waals surface area contributed by atoms with Gasteiger partial charge in [-0.15, -0.1) is 0 Å². The van der Waals surface area contributed by atoms with Crippen LogP contribution < -0.4 is 20.8 Å². The summed E-state index contributed by atoms with van der Waals surface area (Å²) < 4.78 is 7.12. The molecule has 1 atom stereocenters. The highest BCUT2D eigenvalue weighted by Crippen LogP contribution is 2.13. The molecule has 2 rings (SSSR count). The summed E-state index contributed by atoms with van der Waals surface area (Å²) in [6.45, 7) is 7.49. The Bertz CT molecular complexity index is 823. The van der Waals surface area contributed by atoms with E-state index in [-0.39, 0.29) is 18.4 Å². The molecule has 0 fully saturated rings. The molecule has 0 radical (unpaired) electrons. The van der Waals surface area contributed by atoms with Crippen LogP contribution >= 0.6 is 0 Å². The van der Waals surface area contributed by atoms with Gasteiger partial charge in [0.25, 0.3) is 11.8 Å². The van der Waals surface area contributed by atoms with Crippen LogP contribution in [0.3, 0.4) is 0 Å². The van der Waals surface area contributed by atoms with Crippen LogP contribution in [0.2, 0.25) is 0 Å². The molecule has 2 aromatic rings. The average molecular weight is 386 g/mol. The predicted molar refractivity (Wildman–Crippen MR) is 106 cm³/mol. The highest BCUT2D eigenvalue weighted by Gasteiger charge is 2.15. The molecule has 8 heteroatoms. The number of aryl methyl sites for hydroxylation is 2. The summed E-state index contributed by atoms with van der Waals surface area (Å²) in [7, 11) is 0. The molecular formula is C20H26N4O4. The fraction of sp³-hybridized carbons (Fsp3) is 0.350. The quantitative estimate of drug-likeness (QED) is 0.640. The zero-order valence-corrected chi connectivity index (χ0v) is 16.5. The van der Waals surface area contributed by atoms with Crippen molar-refractivity contribution in [3.05, 3.63) is 53.3 Å². The van der Waals surface area contributed by atoms with Crippen molar-refractivity contribution < 1.29 is 19.1 Å². The maximum atomic E-state index is 12.4. The fourth-order valence-corrected chi connectivity index (χ4v) is 2.54. The first-order valence-electron chi connectivity index (χ1n) is 9.08. The van der Waals surface area contributed by atoms with Crippen molar-refractivity contribution in [2.24, 2.45) is 0 Å². The first-order valence-corrected chi connectivity index (χ1v) is 9.08. The molecule has 8 nitrogen and oxygen atoms in total. The second-order valence-corrected chi connectivity index (χ2v) is 6.39. The highest BCUT2D eigenvalue weighted by atomic mass is 16.5. The van der Waals surface area contributed by atoms with Gasteiger partial charge in [-0.25, -0.2) is 0 Å². The molecule has 0 aliphatic heterocycles. The third-order valence-electron chi connectivity index (χ3n) is 4.09. The molecule has 0 spiro atoms. The highest BCUT2D eigenvalue weighted by molar-refractivity contribution is 6.00. The molecule has 0 aliphatic rings. The van der Waals surface area contributed by atoms with E-state index in [1.54, 1.807) is 42.8 Å². The number of carbonyl (C=O) groups excluding carboxylic acids is 3. The Morgan fingerprint density at radius 3 is 2.21 bits per heavy atom. The van der Waals surface area contributed by atoms with E-state index in [0.717, 1.165) is 11.4 Å². The van der Waals surface area contributed by atoms with Gasteiger partial charge in [-0.05, 0) is 64.1 Å². The third-order valence-corrected chi connectivity index (χ3v) is 4.09. The van der Waals surface area contributed by atoms with Gasteiger partial charge in [-0.3, -0.25) is 24.5 Å². The molecular weight excluding hydrogens is 360 g/mol. The number of nitrogens with one attached hydrogen (secondary N) is 3. The number of amides is 3. The van der Waals surface area contributed by atoms with Crippen LogP contribution in [0.4, 0.5) is 0 Å². The number of hydrogen-bond donors (Lipinski definition) is 3. The molecule has 1 heterocycles. The Hall–Kier alpha value is -3.29. The van der Waals surface area contributed by atoms with Crippen molar-refractivity contribution in [2.45, 2.75) is 33.7 Å². The van der Waals surface area contributed by atoms with Gasteiger partial charge in [0.15, 0.2) is 6.61 Å². The van der Waals surface area contributed by atoms with Gasteiger partial charge in [0, 0.05) is 23.5 Å². The van der Waals surface area contributed by atoms with E-state index in [9.17, 15) is 14.4 Å². The smallest absolute Gasteiger partial charge is 0.270 e. The number of ether oxygens (including phenoxy) is 1. The molecule has 1 aromatic heterocycles. The minimum atomic E-state index is -0.636. The van der Waals surface area contributed by atoms with E-state index in [4.69, 9.17) is 4.74 Å². The van der Waals surface area contributed by atoms with E-state index in [1.807, 2.05) is 26.0 Å². The summed E-state index contributed by atoms with van der Waals surface area (Å²) in [6.07, 6.45) is 0. The van der Waals surface area contributed by atoms with Crippen molar-refractivity contribution in [1.29, 1.82) is 0 Å². The lowest BCUT2D eigenvalue weighted by Gasteiger charge is -2.14. The molecule has 0 bridgehead atoms. The lowest BCUT2D eigenvalue weighted by molar-refractivity contribution is -0.129. The Balaban J connectivity index is 1.86. The first-order chi connectivity index (χ1) is 13.3. The maximum absolute atomic E-state index is 12.4. The van der Waals surface area contributed by atoms with Crippen molar-refractivity contribution in [2.75, 3.05) is 18.6 Å². The molecule has 0 saturated heterocycles. The summed E-state index contributed by atoms with van der Waals surface area (Å²) in [4.78, 5) is 35.8. The van der Waals surface area contributed by atoms with Crippen LogP contribution in [0, 0.1) is 13.8 Å². The first kappa shape index (κ1) is 21.0. The van der Waals surface area contributed by atoms with E-state index in [0.29, 0.717) is 17.9 Å². The van der Waals surface area contributed by atoms with Gasteiger partial charge >= 0.3 is 0 Å². The van der Waals surface area contributed by atoms with Crippen molar-refractivity contribution in [1.82, 2.24) is 15.3 Å². The SMILES string of the molecule is CCNC(=O)[C@@H](C)NC(=O)COc1ccc(C(=O)Nn2c(C)ccc2C)cc1. The number of benzene rings is 1. The third kappa shape index (κ3) is 5.60. The summed E-state index contributed by atoms with van der Waals surface area (Å²) in [5, 5.41) is 5.19. The largest absolute Gasteiger partial charge is 0.484 e. The van der Waals surface area contributed by atoms with Gasteiger partial charge in [-0.1, -0.05) is 0 Å². The number of hydrogen-bond acceptors (Lipinski definition) is 4.